The lowest BCUT2D eigenvalue weighted by atomic mass is 9.92. The van der Waals surface area contributed by atoms with Crippen LogP contribution in [-0.4, -0.2) is 49.7 Å². The van der Waals surface area contributed by atoms with Gasteiger partial charge >= 0.3 is 0 Å². The average Bonchev–Trinajstić information content (AvgIpc) is 2.75. The topological polar surface area (TPSA) is 48.9 Å². The van der Waals surface area contributed by atoms with Gasteiger partial charge in [-0.05, 0) is 50.3 Å². The van der Waals surface area contributed by atoms with Crippen LogP contribution >= 0.6 is 0 Å². The first kappa shape index (κ1) is 22.0. The number of rotatable bonds is 7. The molecule has 2 fully saturated rings. The molecular formula is C23H37FN4O. The number of guanidine groups is 1. The second-order valence-corrected chi connectivity index (χ2v) is 8.30. The number of hydrogen-bond donors (Lipinski definition) is 2. The Kier molecular flexibility index (Phi) is 8.74. The van der Waals surface area contributed by atoms with E-state index in [4.69, 9.17) is 9.73 Å². The van der Waals surface area contributed by atoms with Gasteiger partial charge in [-0.2, -0.15) is 0 Å². The molecule has 5 nitrogen and oxygen atoms in total. The first-order valence-corrected chi connectivity index (χ1v) is 11.2. The van der Waals surface area contributed by atoms with E-state index in [-0.39, 0.29) is 12.4 Å². The lowest BCUT2D eigenvalue weighted by molar-refractivity contribution is 0.119. The van der Waals surface area contributed by atoms with Crippen molar-refractivity contribution in [2.24, 2.45) is 4.99 Å². The van der Waals surface area contributed by atoms with Crippen LogP contribution in [0.15, 0.2) is 23.2 Å². The van der Waals surface area contributed by atoms with Gasteiger partial charge in [0, 0.05) is 44.4 Å². The fourth-order valence-electron chi connectivity index (χ4n) is 4.53. The van der Waals surface area contributed by atoms with Crippen LogP contribution in [0.3, 0.4) is 0 Å². The van der Waals surface area contributed by atoms with Crippen molar-refractivity contribution in [1.29, 1.82) is 0 Å². The Bertz CT molecular complexity index is 652. The minimum Gasteiger partial charge on any atom is -0.380 e. The minimum atomic E-state index is -0.227. The zero-order chi connectivity index (χ0) is 20.5. The summed E-state index contributed by atoms with van der Waals surface area (Å²) in [6.45, 7) is 6.07. The van der Waals surface area contributed by atoms with Crippen molar-refractivity contribution in [1.82, 2.24) is 15.5 Å². The summed E-state index contributed by atoms with van der Waals surface area (Å²) in [6.07, 6.45) is 9.30. The van der Waals surface area contributed by atoms with Gasteiger partial charge in [-0.1, -0.05) is 25.3 Å². The zero-order valence-corrected chi connectivity index (χ0v) is 18.1. The molecule has 1 aliphatic carbocycles. The highest BCUT2D eigenvalue weighted by Crippen LogP contribution is 2.25. The van der Waals surface area contributed by atoms with Crippen LogP contribution in [0.2, 0.25) is 0 Å². The summed E-state index contributed by atoms with van der Waals surface area (Å²) < 4.78 is 18.9. The fourth-order valence-corrected chi connectivity index (χ4v) is 4.53. The normalized spacial score (nSPS) is 20.0. The third kappa shape index (κ3) is 6.68. The molecule has 1 aliphatic heterocycles. The predicted molar refractivity (Wildman–Crippen MR) is 117 cm³/mol. The number of halogens is 1. The maximum absolute atomic E-state index is 13.8. The Morgan fingerprint density at radius 3 is 2.62 bits per heavy atom. The molecule has 1 heterocycles. The largest absolute Gasteiger partial charge is 0.380 e. The molecule has 0 radical (unpaired) electrons. The molecule has 0 unspecified atom stereocenters. The van der Waals surface area contributed by atoms with Crippen molar-refractivity contribution in [3.63, 3.8) is 0 Å². The molecule has 0 spiro atoms. The van der Waals surface area contributed by atoms with Crippen molar-refractivity contribution in [3.05, 3.63) is 35.1 Å². The van der Waals surface area contributed by atoms with E-state index in [1.807, 2.05) is 6.07 Å². The Labute approximate surface area is 175 Å². The van der Waals surface area contributed by atoms with Crippen LogP contribution < -0.4 is 10.6 Å². The number of nitrogens with zero attached hydrogens (tertiary/aromatic N) is 2. The van der Waals surface area contributed by atoms with E-state index < -0.39 is 0 Å². The van der Waals surface area contributed by atoms with Crippen molar-refractivity contribution in [2.75, 3.05) is 26.7 Å². The molecule has 1 saturated heterocycles. The molecule has 2 aliphatic rings. The second-order valence-electron chi connectivity index (χ2n) is 8.30. The summed E-state index contributed by atoms with van der Waals surface area (Å²) in [6, 6.07) is 6.41. The highest BCUT2D eigenvalue weighted by Gasteiger charge is 2.26. The summed E-state index contributed by atoms with van der Waals surface area (Å²) in [5.41, 5.74) is 1.57. The number of likely N-dealkylation sites (tertiary alicyclic amines) is 1. The minimum absolute atomic E-state index is 0.227. The van der Waals surface area contributed by atoms with Crippen LogP contribution in [0.25, 0.3) is 0 Å². The standard InChI is InChI=1S/C23H37FN4O/c1-3-25-23(26-16-18-9-10-22(24)19(15-18)17-29-2)27-20-11-13-28(14-12-20)21-7-5-4-6-8-21/h9-10,15,20-21H,3-8,11-14,16-17H2,1-2H3,(H2,25,26,27). The SMILES string of the molecule is CCNC(=NCc1ccc(F)c(COC)c1)NC1CCN(C2CCCCC2)CC1. The van der Waals surface area contributed by atoms with E-state index in [1.54, 1.807) is 13.2 Å². The van der Waals surface area contributed by atoms with E-state index in [2.05, 4.69) is 22.5 Å². The number of benzene rings is 1. The lowest BCUT2D eigenvalue weighted by Crippen LogP contribution is -2.50. The van der Waals surface area contributed by atoms with Crippen LogP contribution in [0, 0.1) is 5.82 Å². The predicted octanol–water partition coefficient (Wildman–Crippen LogP) is 3.82. The van der Waals surface area contributed by atoms with E-state index in [1.165, 1.54) is 51.3 Å². The second kappa shape index (κ2) is 11.5. The van der Waals surface area contributed by atoms with Crippen LogP contribution in [0.5, 0.6) is 0 Å². The highest BCUT2D eigenvalue weighted by atomic mass is 19.1. The molecule has 6 heteroatoms. The number of methoxy groups -OCH3 is 1. The maximum Gasteiger partial charge on any atom is 0.191 e. The van der Waals surface area contributed by atoms with Crippen molar-refractivity contribution < 1.29 is 9.13 Å². The van der Waals surface area contributed by atoms with Gasteiger partial charge in [-0.25, -0.2) is 9.38 Å². The first-order chi connectivity index (χ1) is 14.2. The van der Waals surface area contributed by atoms with Crippen LogP contribution in [0.1, 0.15) is 63.0 Å². The van der Waals surface area contributed by atoms with Gasteiger partial charge in [-0.15, -0.1) is 0 Å². The van der Waals surface area contributed by atoms with Gasteiger partial charge < -0.3 is 20.3 Å². The van der Waals surface area contributed by atoms with Gasteiger partial charge in [0.15, 0.2) is 5.96 Å². The Morgan fingerprint density at radius 1 is 1.17 bits per heavy atom. The number of piperidine rings is 1. The molecule has 2 N–H and O–H groups in total. The molecule has 3 rings (SSSR count). The molecule has 0 amide bonds. The third-order valence-electron chi connectivity index (χ3n) is 6.14. The molecule has 29 heavy (non-hydrogen) atoms. The Hall–Kier alpha value is -1.66. The molecule has 0 bridgehead atoms. The molecule has 162 valence electrons. The highest BCUT2D eigenvalue weighted by molar-refractivity contribution is 5.80. The van der Waals surface area contributed by atoms with Crippen molar-refractivity contribution in [2.45, 2.75) is 77.1 Å². The quantitative estimate of drug-likeness (QED) is 0.536. The van der Waals surface area contributed by atoms with E-state index in [9.17, 15) is 4.39 Å². The monoisotopic (exact) mass is 404 g/mol. The van der Waals surface area contributed by atoms with Gasteiger partial charge in [-0.3, -0.25) is 0 Å². The zero-order valence-electron chi connectivity index (χ0n) is 18.1. The Balaban J connectivity index is 1.52. The summed E-state index contributed by atoms with van der Waals surface area (Å²) in [5, 5.41) is 6.97. The Morgan fingerprint density at radius 2 is 1.93 bits per heavy atom. The van der Waals surface area contributed by atoms with E-state index in [0.717, 1.165) is 37.0 Å². The number of hydrogen-bond acceptors (Lipinski definition) is 3. The van der Waals surface area contributed by atoms with Gasteiger partial charge in [0.05, 0.1) is 13.2 Å². The average molecular weight is 405 g/mol. The molecule has 0 aromatic heterocycles. The third-order valence-corrected chi connectivity index (χ3v) is 6.14. The van der Waals surface area contributed by atoms with E-state index in [0.29, 0.717) is 18.2 Å². The molecule has 1 saturated carbocycles. The number of nitrogens with one attached hydrogen (secondary N) is 2. The van der Waals surface area contributed by atoms with Gasteiger partial charge in [0.25, 0.3) is 0 Å². The van der Waals surface area contributed by atoms with Gasteiger partial charge in [0.1, 0.15) is 5.82 Å². The number of aliphatic imine (C=N–C) groups is 1. The van der Waals surface area contributed by atoms with Crippen LogP contribution in [-0.2, 0) is 17.9 Å². The van der Waals surface area contributed by atoms with Crippen LogP contribution in [0.4, 0.5) is 4.39 Å². The smallest absolute Gasteiger partial charge is 0.191 e. The summed E-state index contributed by atoms with van der Waals surface area (Å²) in [4.78, 5) is 7.44. The molecule has 1 aromatic carbocycles. The van der Waals surface area contributed by atoms with E-state index >= 15 is 0 Å². The lowest BCUT2D eigenvalue weighted by Gasteiger charge is -2.39. The van der Waals surface area contributed by atoms with Crippen molar-refractivity contribution in [3.8, 4) is 0 Å². The first-order valence-electron chi connectivity index (χ1n) is 11.2. The summed E-state index contributed by atoms with van der Waals surface area (Å²) in [5.74, 6) is 0.621. The fraction of sp³-hybridized carbons (Fsp3) is 0.696. The maximum atomic E-state index is 13.8. The molecule has 1 aromatic rings. The molecular weight excluding hydrogens is 367 g/mol. The van der Waals surface area contributed by atoms with Crippen molar-refractivity contribution >= 4 is 5.96 Å². The molecule has 0 atom stereocenters. The summed E-state index contributed by atoms with van der Waals surface area (Å²) >= 11 is 0. The number of ether oxygens (including phenoxy) is 1. The summed E-state index contributed by atoms with van der Waals surface area (Å²) in [7, 11) is 1.58. The van der Waals surface area contributed by atoms with Gasteiger partial charge in [0.2, 0.25) is 0 Å².